The van der Waals surface area contributed by atoms with E-state index in [1.807, 2.05) is 0 Å². The van der Waals surface area contributed by atoms with E-state index in [-0.39, 0.29) is 11.5 Å². The summed E-state index contributed by atoms with van der Waals surface area (Å²) >= 11 is 1.10. The van der Waals surface area contributed by atoms with Crippen molar-refractivity contribution < 1.29 is 13.9 Å². The minimum atomic E-state index is -0.477. The van der Waals surface area contributed by atoms with Gasteiger partial charge in [-0.2, -0.15) is 0 Å². The van der Waals surface area contributed by atoms with Crippen LogP contribution in [0.3, 0.4) is 0 Å². The number of hydrogen-bond donors (Lipinski definition) is 1. The first kappa shape index (κ1) is 12.1. The fraction of sp³-hybridized carbons (Fsp3) is 0.0769. The fourth-order valence-corrected chi connectivity index (χ4v) is 2.39. The summed E-state index contributed by atoms with van der Waals surface area (Å²) < 4.78 is 26.4. The molecule has 1 nitrogen and oxygen atoms in total. The predicted molar refractivity (Wildman–Crippen MR) is 62.8 cm³/mol. The van der Waals surface area contributed by atoms with Crippen molar-refractivity contribution in [3.63, 3.8) is 0 Å². The van der Waals surface area contributed by atoms with Gasteiger partial charge in [-0.15, -0.1) is 0 Å². The summed E-state index contributed by atoms with van der Waals surface area (Å²) in [6.07, 6.45) is 0. The van der Waals surface area contributed by atoms with E-state index in [4.69, 9.17) is 5.11 Å². The molecule has 1 N–H and O–H groups in total. The highest BCUT2D eigenvalue weighted by Crippen LogP contribution is 2.32. The Hall–Kier alpha value is -1.39. The van der Waals surface area contributed by atoms with Gasteiger partial charge in [0.2, 0.25) is 0 Å². The lowest BCUT2D eigenvalue weighted by Gasteiger charge is -2.07. The average molecular weight is 252 g/mol. The van der Waals surface area contributed by atoms with Crippen molar-refractivity contribution in [3.8, 4) is 0 Å². The minimum absolute atomic E-state index is 0.125. The van der Waals surface area contributed by atoms with Crippen LogP contribution in [0.25, 0.3) is 0 Å². The van der Waals surface area contributed by atoms with E-state index in [0.717, 1.165) is 34.9 Å². The van der Waals surface area contributed by atoms with Gasteiger partial charge >= 0.3 is 0 Å². The summed E-state index contributed by atoms with van der Waals surface area (Å²) in [5.74, 6) is -0.945. The van der Waals surface area contributed by atoms with Crippen molar-refractivity contribution in [1.29, 1.82) is 0 Å². The Morgan fingerprint density at radius 2 is 1.76 bits per heavy atom. The van der Waals surface area contributed by atoms with Gasteiger partial charge in [-0.05, 0) is 29.8 Å². The highest BCUT2D eigenvalue weighted by atomic mass is 32.2. The van der Waals surface area contributed by atoms with Crippen molar-refractivity contribution >= 4 is 11.8 Å². The molecule has 0 atom stereocenters. The molecule has 4 heteroatoms. The summed E-state index contributed by atoms with van der Waals surface area (Å²) in [4.78, 5) is 0.936. The Balaban J connectivity index is 2.34. The molecule has 0 saturated heterocycles. The monoisotopic (exact) mass is 252 g/mol. The van der Waals surface area contributed by atoms with Gasteiger partial charge in [0.15, 0.2) is 0 Å². The first-order valence-electron chi connectivity index (χ1n) is 5.02. The molecule has 0 amide bonds. The quantitative estimate of drug-likeness (QED) is 0.900. The smallest absolute Gasteiger partial charge is 0.137 e. The van der Waals surface area contributed by atoms with Crippen LogP contribution in [0.1, 0.15) is 5.56 Å². The highest BCUT2D eigenvalue weighted by molar-refractivity contribution is 7.99. The molecule has 0 radical (unpaired) electrons. The maximum atomic E-state index is 13.4. The van der Waals surface area contributed by atoms with Crippen molar-refractivity contribution in [2.24, 2.45) is 0 Å². The zero-order valence-electron chi connectivity index (χ0n) is 8.86. The van der Waals surface area contributed by atoms with E-state index in [1.165, 1.54) is 0 Å². The Morgan fingerprint density at radius 1 is 1.00 bits per heavy atom. The summed E-state index contributed by atoms with van der Waals surface area (Å²) in [5, 5.41) is 9.14. The molecular weight excluding hydrogens is 242 g/mol. The van der Waals surface area contributed by atoms with E-state index in [1.54, 1.807) is 24.3 Å². The number of hydrogen-bond acceptors (Lipinski definition) is 2. The summed E-state index contributed by atoms with van der Waals surface area (Å²) in [7, 11) is 0. The standard InChI is InChI=1S/C13H10F2OS/c14-10-5-6-11(15)13(7-10)17-12-4-2-1-3-9(12)8-16/h1-7,16H,8H2. The van der Waals surface area contributed by atoms with E-state index >= 15 is 0 Å². The average Bonchev–Trinajstić information content (AvgIpc) is 2.34. The van der Waals surface area contributed by atoms with Gasteiger partial charge in [-0.1, -0.05) is 30.0 Å². The van der Waals surface area contributed by atoms with Crippen LogP contribution >= 0.6 is 11.8 Å². The second-order valence-electron chi connectivity index (χ2n) is 3.44. The molecular formula is C13H10F2OS. The maximum absolute atomic E-state index is 13.4. The van der Waals surface area contributed by atoms with Crippen LogP contribution in [0.4, 0.5) is 8.78 Å². The second kappa shape index (κ2) is 5.29. The van der Waals surface area contributed by atoms with Crippen LogP contribution in [-0.2, 0) is 6.61 Å². The molecule has 0 aliphatic heterocycles. The van der Waals surface area contributed by atoms with Crippen molar-refractivity contribution in [1.82, 2.24) is 0 Å². The fourth-order valence-electron chi connectivity index (χ4n) is 1.41. The van der Waals surface area contributed by atoms with E-state index in [9.17, 15) is 8.78 Å². The van der Waals surface area contributed by atoms with Crippen LogP contribution in [0, 0.1) is 11.6 Å². The third-order valence-corrected chi connectivity index (χ3v) is 3.41. The number of aliphatic hydroxyl groups is 1. The van der Waals surface area contributed by atoms with E-state index in [2.05, 4.69) is 0 Å². The molecule has 88 valence electrons. The van der Waals surface area contributed by atoms with Crippen molar-refractivity contribution in [2.75, 3.05) is 0 Å². The Morgan fingerprint density at radius 3 is 2.53 bits per heavy atom. The molecule has 0 bridgehead atoms. The molecule has 0 aliphatic carbocycles. The lowest BCUT2D eigenvalue weighted by molar-refractivity contribution is 0.279. The Labute approximate surface area is 102 Å². The van der Waals surface area contributed by atoms with Gasteiger partial charge in [0.25, 0.3) is 0 Å². The Bertz CT molecular complexity index is 529. The maximum Gasteiger partial charge on any atom is 0.137 e. The normalized spacial score (nSPS) is 10.5. The molecule has 0 fully saturated rings. The molecule has 0 saturated carbocycles. The van der Waals surface area contributed by atoms with Crippen molar-refractivity contribution in [2.45, 2.75) is 16.4 Å². The third-order valence-electron chi connectivity index (χ3n) is 2.26. The van der Waals surface area contributed by atoms with E-state index in [0.29, 0.717) is 5.56 Å². The molecule has 2 rings (SSSR count). The first-order valence-corrected chi connectivity index (χ1v) is 5.84. The molecule has 17 heavy (non-hydrogen) atoms. The summed E-state index contributed by atoms with van der Waals surface area (Å²) in [6, 6.07) is 10.4. The molecule has 2 aromatic rings. The SMILES string of the molecule is OCc1ccccc1Sc1cc(F)ccc1F. The van der Waals surface area contributed by atoms with Crippen LogP contribution in [0.15, 0.2) is 52.3 Å². The van der Waals surface area contributed by atoms with Gasteiger partial charge in [-0.3, -0.25) is 0 Å². The predicted octanol–water partition coefficient (Wildman–Crippen LogP) is 3.61. The minimum Gasteiger partial charge on any atom is -0.392 e. The van der Waals surface area contributed by atoms with Crippen LogP contribution < -0.4 is 0 Å². The van der Waals surface area contributed by atoms with Crippen LogP contribution in [0.5, 0.6) is 0 Å². The Kier molecular flexibility index (Phi) is 3.76. The van der Waals surface area contributed by atoms with Crippen LogP contribution in [-0.4, -0.2) is 5.11 Å². The molecule has 0 aliphatic rings. The zero-order valence-corrected chi connectivity index (χ0v) is 9.68. The van der Waals surface area contributed by atoms with Gasteiger partial charge in [0, 0.05) is 4.90 Å². The summed E-state index contributed by atoms with van der Waals surface area (Å²) in [5.41, 5.74) is 0.696. The van der Waals surface area contributed by atoms with Gasteiger partial charge < -0.3 is 5.11 Å². The van der Waals surface area contributed by atoms with Gasteiger partial charge in [0.1, 0.15) is 11.6 Å². The number of halogens is 2. The van der Waals surface area contributed by atoms with Gasteiger partial charge in [0.05, 0.1) is 11.5 Å². The topological polar surface area (TPSA) is 20.2 Å². The molecule has 0 heterocycles. The third kappa shape index (κ3) is 2.84. The summed E-state index contributed by atoms with van der Waals surface area (Å²) in [6.45, 7) is -0.125. The number of rotatable bonds is 3. The molecule has 0 unspecified atom stereocenters. The zero-order chi connectivity index (χ0) is 12.3. The largest absolute Gasteiger partial charge is 0.392 e. The van der Waals surface area contributed by atoms with E-state index < -0.39 is 11.6 Å². The highest BCUT2D eigenvalue weighted by Gasteiger charge is 2.08. The lowest BCUT2D eigenvalue weighted by atomic mass is 10.2. The first-order chi connectivity index (χ1) is 8.20. The molecule has 0 aromatic heterocycles. The molecule has 2 aromatic carbocycles. The number of benzene rings is 2. The number of aliphatic hydroxyl groups excluding tert-OH is 1. The van der Waals surface area contributed by atoms with Gasteiger partial charge in [-0.25, -0.2) is 8.78 Å². The second-order valence-corrected chi connectivity index (χ2v) is 4.53. The molecule has 0 spiro atoms. The van der Waals surface area contributed by atoms with Crippen molar-refractivity contribution in [3.05, 3.63) is 59.7 Å². The lowest BCUT2D eigenvalue weighted by Crippen LogP contribution is -1.88. The van der Waals surface area contributed by atoms with Crippen LogP contribution in [0.2, 0.25) is 0 Å².